The fourth-order valence-electron chi connectivity index (χ4n) is 12.1. The van der Waals surface area contributed by atoms with Crippen molar-refractivity contribution in [1.82, 2.24) is 0 Å². The molecule has 2 aliphatic rings. The van der Waals surface area contributed by atoms with Crippen LogP contribution in [0, 0.1) is 0 Å². The predicted octanol–water partition coefficient (Wildman–Crippen LogP) is 18.0. The molecular weight excluding hydrogens is 944 g/mol. The lowest BCUT2D eigenvalue weighted by molar-refractivity contribution is 0.589. The Labute approximate surface area is 447 Å². The summed E-state index contributed by atoms with van der Waals surface area (Å²) in [5, 5.41) is 4.31. The summed E-state index contributed by atoms with van der Waals surface area (Å²) in [6.45, 7) is 13.4. The van der Waals surface area contributed by atoms with E-state index in [-0.39, 0.29) is 17.5 Å². The van der Waals surface area contributed by atoms with Crippen LogP contribution in [0.15, 0.2) is 230 Å². The first-order chi connectivity index (χ1) is 37.4. The standard InChI is InChI=1S/C70H53BN2O4/c1-69(2,3)48-30-34-60-52(40-48)64-67(76-60)72(54-32-28-46(36-50(54)42-18-9-7-10-19-42)62-38-44-22-13-15-26-58(44)74-62)56-24-17-25-57-66(56)71(64)65-53-41-49(70(4,5)6)31-35-61(53)77-68(65)73(57)55-33-29-47(37-51(55)43-20-11-8-12-21-43)63-39-45-23-14-16-27-59(45)75-63/h7-41H,1-6H3. The number of para-hydroxylation sites is 2. The molecule has 0 amide bonds. The highest BCUT2D eigenvalue weighted by molar-refractivity contribution is 7.02. The van der Waals surface area contributed by atoms with Crippen LogP contribution >= 0.6 is 0 Å². The number of furan rings is 4. The van der Waals surface area contributed by atoms with Gasteiger partial charge in [0.2, 0.25) is 11.8 Å². The Kier molecular flexibility index (Phi) is 9.78. The van der Waals surface area contributed by atoms with Crippen molar-refractivity contribution in [2.45, 2.75) is 52.4 Å². The van der Waals surface area contributed by atoms with E-state index in [2.05, 4.69) is 239 Å². The second-order valence-electron chi connectivity index (χ2n) is 22.9. The van der Waals surface area contributed by atoms with Gasteiger partial charge in [0, 0.05) is 66.1 Å². The maximum absolute atomic E-state index is 7.43. The van der Waals surface area contributed by atoms with E-state index in [1.165, 1.54) is 16.6 Å². The highest BCUT2D eigenvalue weighted by atomic mass is 16.4. The number of hydrogen-bond acceptors (Lipinski definition) is 6. The number of fused-ring (bicyclic) bond motifs is 10. The van der Waals surface area contributed by atoms with E-state index in [1.54, 1.807) is 0 Å². The van der Waals surface area contributed by atoms with Gasteiger partial charge in [0.25, 0.3) is 6.71 Å². The molecule has 9 aromatic carbocycles. The highest BCUT2D eigenvalue weighted by Gasteiger charge is 2.49. The van der Waals surface area contributed by atoms with Crippen molar-refractivity contribution in [3.05, 3.63) is 223 Å². The third-order valence-electron chi connectivity index (χ3n) is 16.0. The highest BCUT2D eigenvalue weighted by Crippen LogP contribution is 2.52. The maximum Gasteiger partial charge on any atom is 0.262 e. The molecule has 0 N–H and O–H groups in total. The molecule has 370 valence electrons. The molecule has 0 radical (unpaired) electrons. The Morgan fingerprint density at radius 3 is 1.18 bits per heavy atom. The SMILES string of the molecule is CC(C)(C)c1ccc2oc3c(c2c1)B1c2c(cccc2N(c2ccc(-c4cc5ccccc5o4)cc2-c2ccccc2)c2oc4ccc(C(C)(C)C)cc4c21)N3c1ccc(-c2cc3ccccc3o2)cc1-c1ccccc1. The van der Waals surface area contributed by atoms with E-state index in [4.69, 9.17) is 17.7 Å². The zero-order valence-electron chi connectivity index (χ0n) is 43.8. The van der Waals surface area contributed by atoms with Crippen molar-refractivity contribution >= 4 is 101 Å². The van der Waals surface area contributed by atoms with Crippen LogP contribution in [0.4, 0.5) is 34.5 Å². The topological polar surface area (TPSA) is 59.0 Å². The van der Waals surface area contributed by atoms with E-state index >= 15 is 0 Å². The van der Waals surface area contributed by atoms with Crippen molar-refractivity contribution < 1.29 is 17.7 Å². The van der Waals surface area contributed by atoms with Gasteiger partial charge < -0.3 is 17.7 Å². The molecule has 0 aliphatic carbocycles. The van der Waals surface area contributed by atoms with Gasteiger partial charge in [0.1, 0.15) is 33.9 Å². The molecule has 0 saturated heterocycles. The molecule has 6 heterocycles. The summed E-state index contributed by atoms with van der Waals surface area (Å²) in [4.78, 5) is 4.78. The molecule has 6 nitrogen and oxygen atoms in total. The second-order valence-corrected chi connectivity index (χ2v) is 22.9. The van der Waals surface area contributed by atoms with Crippen LogP contribution in [-0.4, -0.2) is 6.71 Å². The van der Waals surface area contributed by atoms with Crippen LogP contribution in [0.25, 0.3) is 88.8 Å². The normalized spacial score (nSPS) is 13.2. The number of hydrogen-bond donors (Lipinski definition) is 0. The molecule has 4 aromatic heterocycles. The van der Waals surface area contributed by atoms with Crippen LogP contribution in [-0.2, 0) is 10.8 Å². The smallest absolute Gasteiger partial charge is 0.262 e. The Hall–Kier alpha value is -9.20. The van der Waals surface area contributed by atoms with E-state index in [1.807, 2.05) is 24.3 Å². The Morgan fingerprint density at radius 2 is 0.753 bits per heavy atom. The van der Waals surface area contributed by atoms with E-state index in [9.17, 15) is 0 Å². The van der Waals surface area contributed by atoms with Gasteiger partial charge >= 0.3 is 0 Å². The lowest BCUT2D eigenvalue weighted by atomic mass is 9.33. The molecule has 13 aromatic rings. The first-order valence-corrected chi connectivity index (χ1v) is 26.7. The van der Waals surface area contributed by atoms with Gasteiger partial charge in [-0.05, 0) is 136 Å². The quantitative estimate of drug-likeness (QED) is 0.155. The van der Waals surface area contributed by atoms with Crippen molar-refractivity contribution in [3.8, 4) is 44.9 Å². The third-order valence-corrected chi connectivity index (χ3v) is 16.0. The summed E-state index contributed by atoms with van der Waals surface area (Å²) in [5.74, 6) is 3.20. The van der Waals surface area contributed by atoms with Crippen molar-refractivity contribution in [3.63, 3.8) is 0 Å². The largest absolute Gasteiger partial charge is 0.456 e. The van der Waals surface area contributed by atoms with Crippen LogP contribution < -0.4 is 26.2 Å². The van der Waals surface area contributed by atoms with Gasteiger partial charge in [-0.25, -0.2) is 0 Å². The van der Waals surface area contributed by atoms with E-state index < -0.39 is 0 Å². The molecule has 2 aliphatic heterocycles. The summed E-state index contributed by atoms with van der Waals surface area (Å²) in [6, 6.07) is 75.9. The van der Waals surface area contributed by atoms with Crippen LogP contribution in [0.5, 0.6) is 0 Å². The van der Waals surface area contributed by atoms with Crippen LogP contribution in [0.2, 0.25) is 0 Å². The Morgan fingerprint density at radius 1 is 0.325 bits per heavy atom. The van der Waals surface area contributed by atoms with Crippen LogP contribution in [0.1, 0.15) is 52.7 Å². The molecule has 0 spiro atoms. The minimum Gasteiger partial charge on any atom is -0.456 e. The summed E-state index contributed by atoms with van der Waals surface area (Å²) in [5.41, 5.74) is 19.3. The fraction of sp³-hybridized carbons (Fsp3) is 0.114. The average molecular weight is 997 g/mol. The predicted molar refractivity (Wildman–Crippen MR) is 319 cm³/mol. The zero-order chi connectivity index (χ0) is 51.9. The third kappa shape index (κ3) is 7.10. The molecule has 7 heteroatoms. The number of nitrogens with zero attached hydrogens (tertiary/aromatic N) is 2. The molecule has 0 unspecified atom stereocenters. The van der Waals surface area contributed by atoms with E-state index in [0.29, 0.717) is 0 Å². The van der Waals surface area contributed by atoms with Gasteiger partial charge in [-0.3, -0.25) is 9.80 Å². The first-order valence-electron chi connectivity index (χ1n) is 26.7. The fourth-order valence-corrected chi connectivity index (χ4v) is 12.1. The van der Waals surface area contributed by atoms with Crippen molar-refractivity contribution in [1.29, 1.82) is 0 Å². The molecule has 0 bridgehead atoms. The molecule has 77 heavy (non-hydrogen) atoms. The summed E-state index contributed by atoms with van der Waals surface area (Å²) in [7, 11) is 0. The molecule has 15 rings (SSSR count). The summed E-state index contributed by atoms with van der Waals surface area (Å²) in [6.07, 6.45) is 0. The minimum atomic E-state index is -0.281. The van der Waals surface area contributed by atoms with Gasteiger partial charge in [0.05, 0.1) is 11.4 Å². The number of benzene rings is 9. The number of anilines is 6. The Balaban J connectivity index is 1.04. The molecule has 0 atom stereocenters. The number of rotatable bonds is 6. The van der Waals surface area contributed by atoms with Crippen LogP contribution in [0.3, 0.4) is 0 Å². The van der Waals surface area contributed by atoms with Gasteiger partial charge in [0.15, 0.2) is 0 Å². The van der Waals surface area contributed by atoms with Crippen molar-refractivity contribution in [2.75, 3.05) is 9.80 Å². The maximum atomic E-state index is 7.43. The van der Waals surface area contributed by atoms with Gasteiger partial charge in [-0.15, -0.1) is 0 Å². The zero-order valence-corrected chi connectivity index (χ0v) is 43.8. The first kappa shape index (κ1) is 45.2. The average Bonchev–Trinajstić information content (AvgIpc) is 4.42. The lowest BCUT2D eigenvalue weighted by Crippen LogP contribution is -2.60. The summed E-state index contributed by atoms with van der Waals surface area (Å²) < 4.78 is 28.0. The molecular formula is C70H53BN2O4. The molecule has 0 fully saturated rings. The Bertz CT molecular complexity index is 4150. The van der Waals surface area contributed by atoms with Gasteiger partial charge in [-0.1, -0.05) is 157 Å². The van der Waals surface area contributed by atoms with Crippen molar-refractivity contribution in [2.24, 2.45) is 0 Å². The monoisotopic (exact) mass is 996 g/mol. The lowest BCUT2D eigenvalue weighted by Gasteiger charge is -2.41. The second kappa shape index (κ2) is 16.7. The molecule has 0 saturated carbocycles. The van der Waals surface area contributed by atoms with Gasteiger partial charge in [-0.2, -0.15) is 0 Å². The minimum absolute atomic E-state index is 0.121. The summed E-state index contributed by atoms with van der Waals surface area (Å²) >= 11 is 0. The van der Waals surface area contributed by atoms with E-state index in [0.717, 1.165) is 134 Å².